The first-order valence-corrected chi connectivity index (χ1v) is 8.65. The molecule has 7 heteroatoms. The second-order valence-electron chi connectivity index (χ2n) is 6.81. The van der Waals surface area contributed by atoms with Crippen molar-refractivity contribution in [2.75, 3.05) is 19.7 Å². The number of hydrogen-bond acceptors (Lipinski definition) is 4. The molecule has 2 aliphatic rings. The molecule has 0 bridgehead atoms. The van der Waals surface area contributed by atoms with E-state index in [0.29, 0.717) is 12.5 Å². The van der Waals surface area contributed by atoms with Gasteiger partial charge in [-0.15, -0.1) is 0 Å². The van der Waals surface area contributed by atoms with Crippen molar-refractivity contribution < 1.29 is 19.8 Å². The van der Waals surface area contributed by atoms with Crippen LogP contribution in [-0.2, 0) is 4.79 Å². The fourth-order valence-electron chi connectivity index (χ4n) is 3.40. The highest BCUT2D eigenvalue weighted by Gasteiger charge is 2.35. The van der Waals surface area contributed by atoms with Gasteiger partial charge in [-0.1, -0.05) is 26.2 Å². The Balaban J connectivity index is 1.65. The van der Waals surface area contributed by atoms with Crippen molar-refractivity contribution in [2.45, 2.75) is 63.6 Å². The molecule has 132 valence electrons. The molecule has 0 radical (unpaired) electrons. The van der Waals surface area contributed by atoms with Crippen LogP contribution in [0.3, 0.4) is 0 Å². The molecule has 0 aliphatic heterocycles. The molecular formula is C16H29N3O4. The van der Waals surface area contributed by atoms with Crippen LogP contribution in [0.5, 0.6) is 0 Å². The van der Waals surface area contributed by atoms with Gasteiger partial charge in [-0.3, -0.25) is 9.69 Å². The van der Waals surface area contributed by atoms with E-state index in [9.17, 15) is 14.7 Å². The van der Waals surface area contributed by atoms with Gasteiger partial charge in [0.1, 0.15) is 0 Å². The summed E-state index contributed by atoms with van der Waals surface area (Å²) in [7, 11) is 0. The van der Waals surface area contributed by atoms with E-state index in [1.807, 2.05) is 11.8 Å². The maximum Gasteiger partial charge on any atom is 0.317 e. The van der Waals surface area contributed by atoms with Gasteiger partial charge in [-0.05, 0) is 31.7 Å². The lowest BCUT2D eigenvalue weighted by atomic mass is 9.81. The summed E-state index contributed by atoms with van der Waals surface area (Å²) < 4.78 is 0. The number of aliphatic hydroxyl groups excluding tert-OH is 1. The van der Waals surface area contributed by atoms with Crippen LogP contribution in [0.25, 0.3) is 0 Å². The lowest BCUT2D eigenvalue weighted by Gasteiger charge is -2.42. The van der Waals surface area contributed by atoms with Crippen LogP contribution in [0.15, 0.2) is 0 Å². The highest BCUT2D eigenvalue weighted by atomic mass is 16.4. The summed E-state index contributed by atoms with van der Waals surface area (Å²) in [6.45, 7) is 2.67. The third-order valence-electron chi connectivity index (χ3n) is 5.11. The van der Waals surface area contributed by atoms with Gasteiger partial charge in [-0.25, -0.2) is 4.79 Å². The maximum absolute atomic E-state index is 12.0. The molecule has 2 aliphatic carbocycles. The Kier molecular flexibility index (Phi) is 6.65. The molecule has 2 saturated carbocycles. The predicted molar refractivity (Wildman–Crippen MR) is 86.2 cm³/mol. The smallest absolute Gasteiger partial charge is 0.317 e. The van der Waals surface area contributed by atoms with Crippen molar-refractivity contribution in [3.8, 4) is 0 Å². The Morgan fingerprint density at radius 3 is 2.48 bits per heavy atom. The lowest BCUT2D eigenvalue weighted by molar-refractivity contribution is -0.139. The van der Waals surface area contributed by atoms with Crippen LogP contribution in [0.1, 0.15) is 45.4 Å². The van der Waals surface area contributed by atoms with Gasteiger partial charge in [0, 0.05) is 12.1 Å². The third kappa shape index (κ3) is 5.35. The van der Waals surface area contributed by atoms with E-state index in [-0.39, 0.29) is 37.3 Å². The highest BCUT2D eigenvalue weighted by molar-refractivity contribution is 5.74. The number of likely N-dealkylation sites (N-methyl/N-ethyl adjacent to an activating group) is 1. The van der Waals surface area contributed by atoms with Gasteiger partial charge in [0.25, 0.3) is 0 Å². The second kappa shape index (κ2) is 8.49. The molecule has 1 atom stereocenters. The molecule has 0 aromatic rings. The average molecular weight is 327 g/mol. The molecule has 0 saturated heterocycles. The zero-order chi connectivity index (χ0) is 16.8. The monoisotopic (exact) mass is 327 g/mol. The number of amides is 2. The minimum Gasteiger partial charge on any atom is -0.480 e. The van der Waals surface area contributed by atoms with Crippen LogP contribution < -0.4 is 10.6 Å². The molecule has 0 spiro atoms. The number of aliphatic carboxylic acids is 1. The Bertz CT molecular complexity index is 408. The summed E-state index contributed by atoms with van der Waals surface area (Å²) in [5.41, 5.74) is 0. The van der Waals surface area contributed by atoms with Gasteiger partial charge < -0.3 is 20.8 Å². The van der Waals surface area contributed by atoms with Crippen molar-refractivity contribution in [1.82, 2.24) is 15.5 Å². The molecule has 0 heterocycles. The van der Waals surface area contributed by atoms with E-state index in [2.05, 4.69) is 10.6 Å². The summed E-state index contributed by atoms with van der Waals surface area (Å²) >= 11 is 0. The SMILES string of the molecule is CCN(CC(=O)O)C1CC(NC(=O)NC(CO)CC2CCC2)C1. The van der Waals surface area contributed by atoms with Crippen molar-refractivity contribution in [1.29, 1.82) is 0 Å². The van der Waals surface area contributed by atoms with E-state index in [4.69, 9.17) is 5.11 Å². The maximum atomic E-state index is 12.0. The number of hydrogen-bond donors (Lipinski definition) is 4. The first-order valence-electron chi connectivity index (χ1n) is 8.65. The van der Waals surface area contributed by atoms with Crippen LogP contribution in [0.4, 0.5) is 4.79 Å². The Hall–Kier alpha value is -1.34. The molecule has 7 nitrogen and oxygen atoms in total. The number of carbonyl (C=O) groups excluding carboxylic acids is 1. The van der Waals surface area contributed by atoms with Gasteiger partial charge in [0.05, 0.1) is 19.2 Å². The zero-order valence-corrected chi connectivity index (χ0v) is 13.8. The van der Waals surface area contributed by atoms with E-state index in [1.165, 1.54) is 19.3 Å². The van der Waals surface area contributed by atoms with Gasteiger partial charge in [0.15, 0.2) is 0 Å². The largest absolute Gasteiger partial charge is 0.480 e. The predicted octanol–water partition coefficient (Wildman–Crippen LogP) is 0.774. The van der Waals surface area contributed by atoms with Crippen LogP contribution in [0.2, 0.25) is 0 Å². The number of nitrogens with one attached hydrogen (secondary N) is 2. The van der Waals surface area contributed by atoms with Crippen LogP contribution in [0, 0.1) is 5.92 Å². The van der Waals surface area contributed by atoms with Gasteiger partial charge in [-0.2, -0.15) is 0 Å². The van der Waals surface area contributed by atoms with Crippen LogP contribution >= 0.6 is 0 Å². The van der Waals surface area contributed by atoms with Crippen molar-refractivity contribution >= 4 is 12.0 Å². The lowest BCUT2D eigenvalue weighted by Crippen LogP contribution is -2.57. The van der Waals surface area contributed by atoms with Crippen molar-refractivity contribution in [2.24, 2.45) is 5.92 Å². The molecule has 0 aromatic carbocycles. The average Bonchev–Trinajstić information content (AvgIpc) is 2.42. The van der Waals surface area contributed by atoms with E-state index >= 15 is 0 Å². The minimum atomic E-state index is -0.817. The number of carboxylic acid groups (broad SMARTS) is 1. The Morgan fingerprint density at radius 1 is 1.30 bits per heavy atom. The molecule has 1 unspecified atom stereocenters. The third-order valence-corrected chi connectivity index (χ3v) is 5.11. The van der Waals surface area contributed by atoms with E-state index in [0.717, 1.165) is 19.3 Å². The second-order valence-corrected chi connectivity index (χ2v) is 6.81. The van der Waals surface area contributed by atoms with E-state index in [1.54, 1.807) is 0 Å². The number of urea groups is 1. The number of rotatable bonds is 9. The first-order chi connectivity index (χ1) is 11.0. The normalized spacial score (nSPS) is 25.3. The standard InChI is InChI=1S/C16H29N3O4/c1-2-19(9-15(21)22)14-7-12(8-14)17-16(23)18-13(10-20)6-11-4-3-5-11/h11-14,20H,2-10H2,1H3,(H,21,22)(H2,17,18,23). The Morgan fingerprint density at radius 2 is 2.00 bits per heavy atom. The van der Waals surface area contributed by atoms with Crippen molar-refractivity contribution in [3.05, 3.63) is 0 Å². The molecular weight excluding hydrogens is 298 g/mol. The molecule has 2 fully saturated rings. The molecule has 0 aromatic heterocycles. The summed E-state index contributed by atoms with van der Waals surface area (Å²) in [6.07, 6.45) is 6.05. The fourth-order valence-corrected chi connectivity index (χ4v) is 3.40. The quantitative estimate of drug-likeness (QED) is 0.501. The van der Waals surface area contributed by atoms with E-state index < -0.39 is 5.97 Å². The first kappa shape index (κ1) is 18.0. The van der Waals surface area contributed by atoms with Gasteiger partial charge in [0.2, 0.25) is 0 Å². The summed E-state index contributed by atoms with van der Waals surface area (Å²) in [4.78, 5) is 24.7. The van der Waals surface area contributed by atoms with Crippen LogP contribution in [-0.4, -0.2) is 64.9 Å². The summed E-state index contributed by atoms with van der Waals surface area (Å²) in [6, 6.07) is -0.0839. The zero-order valence-electron chi connectivity index (χ0n) is 13.8. The Labute approximate surface area is 137 Å². The molecule has 2 amide bonds. The summed E-state index contributed by atoms with van der Waals surface area (Å²) in [5, 5.41) is 24.0. The number of carboxylic acids is 1. The van der Waals surface area contributed by atoms with Gasteiger partial charge >= 0.3 is 12.0 Å². The molecule has 4 N–H and O–H groups in total. The number of carbonyl (C=O) groups is 2. The topological polar surface area (TPSA) is 102 Å². The number of nitrogens with zero attached hydrogens (tertiary/aromatic N) is 1. The fraction of sp³-hybridized carbons (Fsp3) is 0.875. The molecule has 2 rings (SSSR count). The number of aliphatic hydroxyl groups is 1. The highest BCUT2D eigenvalue weighted by Crippen LogP contribution is 2.30. The molecule has 23 heavy (non-hydrogen) atoms. The summed E-state index contributed by atoms with van der Waals surface area (Å²) in [5.74, 6) is -0.183. The minimum absolute atomic E-state index is 0.0283. The van der Waals surface area contributed by atoms with Crippen molar-refractivity contribution in [3.63, 3.8) is 0 Å².